The van der Waals surface area contributed by atoms with E-state index in [1.807, 2.05) is 29.8 Å². The number of aromatic nitrogens is 2. The number of nitrogens with zero attached hydrogens (tertiary/aromatic N) is 3. The Bertz CT molecular complexity index is 592. The molecule has 2 heterocycles. The molecule has 0 saturated carbocycles. The number of benzene rings is 1. The lowest BCUT2D eigenvalue weighted by Gasteiger charge is -2.35. The molecular formula is C14H18FN5. The minimum Gasteiger partial charge on any atom is -0.382 e. The first-order valence-corrected chi connectivity index (χ1v) is 6.69. The summed E-state index contributed by atoms with van der Waals surface area (Å²) in [4.78, 5) is 2.22. The normalized spacial score (nSPS) is 19.3. The summed E-state index contributed by atoms with van der Waals surface area (Å²) in [6.45, 7) is 4.49. The number of rotatable bonds is 2. The molecule has 3 rings (SSSR count). The Hall–Kier alpha value is -2.08. The second-order valence-electron chi connectivity index (χ2n) is 5.05. The smallest absolute Gasteiger partial charge is 0.145 e. The van der Waals surface area contributed by atoms with Gasteiger partial charge in [-0.15, -0.1) is 0 Å². The van der Waals surface area contributed by atoms with E-state index in [0.717, 1.165) is 31.0 Å². The third-order valence-corrected chi connectivity index (χ3v) is 3.58. The van der Waals surface area contributed by atoms with E-state index in [0.29, 0.717) is 5.82 Å². The number of hydrogen-bond donors (Lipinski definition) is 2. The van der Waals surface area contributed by atoms with Gasteiger partial charge in [0.2, 0.25) is 0 Å². The van der Waals surface area contributed by atoms with Crippen LogP contribution in [0.2, 0.25) is 0 Å². The van der Waals surface area contributed by atoms with Gasteiger partial charge in [-0.1, -0.05) is 0 Å². The van der Waals surface area contributed by atoms with E-state index >= 15 is 0 Å². The van der Waals surface area contributed by atoms with Crippen LogP contribution in [0, 0.1) is 12.7 Å². The third-order valence-electron chi connectivity index (χ3n) is 3.58. The topological polar surface area (TPSA) is 59.1 Å². The Kier molecular flexibility index (Phi) is 3.31. The number of nitrogen functional groups attached to an aromatic ring is 1. The van der Waals surface area contributed by atoms with Crippen LogP contribution in [0.4, 0.5) is 15.9 Å². The van der Waals surface area contributed by atoms with E-state index < -0.39 is 0 Å². The third kappa shape index (κ3) is 2.46. The van der Waals surface area contributed by atoms with Gasteiger partial charge in [0.05, 0.1) is 6.54 Å². The molecule has 0 aliphatic carbocycles. The second-order valence-corrected chi connectivity index (χ2v) is 5.05. The summed E-state index contributed by atoms with van der Waals surface area (Å²) in [5, 5.41) is 7.75. The van der Waals surface area contributed by atoms with Crippen LogP contribution in [0.25, 0.3) is 0 Å². The van der Waals surface area contributed by atoms with Gasteiger partial charge < -0.3 is 10.6 Å². The summed E-state index contributed by atoms with van der Waals surface area (Å²) in [6, 6.07) is 8.45. The summed E-state index contributed by atoms with van der Waals surface area (Å²) >= 11 is 0. The van der Waals surface area contributed by atoms with Crippen molar-refractivity contribution in [3.63, 3.8) is 0 Å². The maximum absolute atomic E-state index is 13.0. The average molecular weight is 275 g/mol. The molecule has 0 amide bonds. The van der Waals surface area contributed by atoms with Crippen molar-refractivity contribution in [2.24, 2.45) is 0 Å². The zero-order valence-electron chi connectivity index (χ0n) is 11.4. The highest BCUT2D eigenvalue weighted by Gasteiger charge is 2.22. The van der Waals surface area contributed by atoms with Crippen molar-refractivity contribution in [3.05, 3.63) is 41.8 Å². The zero-order valence-corrected chi connectivity index (χ0v) is 11.4. The Morgan fingerprint density at radius 1 is 1.35 bits per heavy atom. The SMILES string of the molecule is Cc1cc(N)nn1C1CN(c2ccc(F)cc2)CCN1. The maximum atomic E-state index is 13.0. The molecule has 106 valence electrons. The van der Waals surface area contributed by atoms with E-state index in [9.17, 15) is 4.39 Å². The zero-order chi connectivity index (χ0) is 14.1. The van der Waals surface area contributed by atoms with Crippen molar-refractivity contribution in [3.8, 4) is 0 Å². The van der Waals surface area contributed by atoms with E-state index in [4.69, 9.17) is 5.73 Å². The largest absolute Gasteiger partial charge is 0.382 e. The molecule has 1 aliphatic heterocycles. The summed E-state index contributed by atoms with van der Waals surface area (Å²) in [7, 11) is 0. The highest BCUT2D eigenvalue weighted by atomic mass is 19.1. The van der Waals surface area contributed by atoms with E-state index in [2.05, 4.69) is 15.3 Å². The van der Waals surface area contributed by atoms with E-state index in [1.165, 1.54) is 12.1 Å². The van der Waals surface area contributed by atoms with Crippen molar-refractivity contribution >= 4 is 11.5 Å². The lowest BCUT2D eigenvalue weighted by molar-refractivity contribution is 0.336. The minimum absolute atomic E-state index is 0.0751. The number of aryl methyl sites for hydroxylation is 1. The fourth-order valence-electron chi connectivity index (χ4n) is 2.61. The number of nitrogens with two attached hydrogens (primary N) is 1. The Morgan fingerprint density at radius 3 is 2.75 bits per heavy atom. The molecule has 0 spiro atoms. The number of piperazine rings is 1. The molecule has 5 nitrogen and oxygen atoms in total. The van der Waals surface area contributed by atoms with Crippen molar-refractivity contribution < 1.29 is 4.39 Å². The molecule has 3 N–H and O–H groups in total. The van der Waals surface area contributed by atoms with Gasteiger partial charge in [0.15, 0.2) is 0 Å². The molecule has 0 radical (unpaired) electrons. The van der Waals surface area contributed by atoms with Gasteiger partial charge in [0, 0.05) is 30.5 Å². The van der Waals surface area contributed by atoms with Crippen LogP contribution in [0.1, 0.15) is 11.9 Å². The number of hydrogen-bond acceptors (Lipinski definition) is 4. The Morgan fingerprint density at radius 2 is 2.10 bits per heavy atom. The van der Waals surface area contributed by atoms with Crippen LogP contribution in [0.3, 0.4) is 0 Å². The van der Waals surface area contributed by atoms with E-state index in [1.54, 1.807) is 0 Å². The lowest BCUT2D eigenvalue weighted by Crippen LogP contribution is -2.48. The molecule has 1 saturated heterocycles. The fraction of sp³-hybridized carbons (Fsp3) is 0.357. The summed E-state index contributed by atoms with van der Waals surface area (Å²) < 4.78 is 14.9. The van der Waals surface area contributed by atoms with Gasteiger partial charge >= 0.3 is 0 Å². The quantitative estimate of drug-likeness (QED) is 0.872. The van der Waals surface area contributed by atoms with E-state index in [-0.39, 0.29) is 12.0 Å². The molecule has 1 aliphatic rings. The maximum Gasteiger partial charge on any atom is 0.145 e. The van der Waals surface area contributed by atoms with Crippen molar-refractivity contribution in [2.45, 2.75) is 13.1 Å². The van der Waals surface area contributed by atoms with Crippen molar-refractivity contribution in [1.29, 1.82) is 0 Å². The highest BCUT2D eigenvalue weighted by molar-refractivity contribution is 5.46. The molecule has 0 bridgehead atoms. The molecule has 20 heavy (non-hydrogen) atoms. The van der Waals surface area contributed by atoms with Gasteiger partial charge in [-0.3, -0.25) is 5.32 Å². The van der Waals surface area contributed by atoms with Crippen LogP contribution in [0.5, 0.6) is 0 Å². The molecular weight excluding hydrogens is 257 g/mol. The minimum atomic E-state index is -0.212. The average Bonchev–Trinajstić information content (AvgIpc) is 2.79. The molecule has 1 aromatic heterocycles. The first kappa shape index (κ1) is 12.9. The molecule has 2 aromatic rings. The second kappa shape index (κ2) is 5.13. The standard InChI is InChI=1S/C14H18FN5/c1-10-8-13(16)18-20(10)14-9-19(7-6-17-14)12-4-2-11(15)3-5-12/h2-5,8,14,17H,6-7,9H2,1H3,(H2,16,18). The van der Waals surface area contributed by atoms with Crippen molar-refractivity contribution in [1.82, 2.24) is 15.1 Å². The highest BCUT2D eigenvalue weighted by Crippen LogP contribution is 2.20. The number of anilines is 2. The summed E-state index contributed by atoms with van der Waals surface area (Å²) in [6.07, 6.45) is 0.0751. The van der Waals surface area contributed by atoms with Crippen LogP contribution in [-0.4, -0.2) is 29.4 Å². The van der Waals surface area contributed by atoms with Gasteiger partial charge in [-0.25, -0.2) is 9.07 Å². The van der Waals surface area contributed by atoms with Crippen LogP contribution in [0.15, 0.2) is 30.3 Å². The molecule has 1 unspecified atom stereocenters. The number of halogens is 1. The van der Waals surface area contributed by atoms with Crippen molar-refractivity contribution in [2.75, 3.05) is 30.3 Å². The molecule has 6 heteroatoms. The predicted octanol–water partition coefficient (Wildman–Crippen LogP) is 1.52. The first-order chi connectivity index (χ1) is 9.63. The van der Waals surface area contributed by atoms with Crippen LogP contribution < -0.4 is 16.0 Å². The van der Waals surface area contributed by atoms with Crippen LogP contribution >= 0.6 is 0 Å². The summed E-state index contributed by atoms with van der Waals surface area (Å²) in [5.74, 6) is 0.319. The lowest BCUT2D eigenvalue weighted by atomic mass is 10.2. The molecule has 1 aromatic carbocycles. The monoisotopic (exact) mass is 275 g/mol. The molecule has 1 atom stereocenters. The number of nitrogens with one attached hydrogen (secondary N) is 1. The molecule has 1 fully saturated rings. The Balaban J connectivity index is 1.79. The van der Waals surface area contributed by atoms with Gasteiger partial charge in [-0.05, 0) is 31.2 Å². The Labute approximate surface area is 117 Å². The summed E-state index contributed by atoms with van der Waals surface area (Å²) in [5.41, 5.74) is 7.79. The van der Waals surface area contributed by atoms with Crippen LogP contribution in [-0.2, 0) is 0 Å². The van der Waals surface area contributed by atoms with Gasteiger partial charge in [0.1, 0.15) is 17.8 Å². The predicted molar refractivity (Wildman–Crippen MR) is 77.0 cm³/mol. The van der Waals surface area contributed by atoms with Gasteiger partial charge in [0.25, 0.3) is 0 Å². The van der Waals surface area contributed by atoms with Gasteiger partial charge in [-0.2, -0.15) is 5.10 Å². The first-order valence-electron chi connectivity index (χ1n) is 6.69. The fourth-order valence-corrected chi connectivity index (χ4v) is 2.61.